The van der Waals surface area contributed by atoms with E-state index in [2.05, 4.69) is 5.32 Å². The molecule has 1 aromatic rings. The lowest BCUT2D eigenvalue weighted by Gasteiger charge is -2.12. The Morgan fingerprint density at radius 2 is 2.11 bits per heavy atom. The molecule has 1 rings (SSSR count). The van der Waals surface area contributed by atoms with Gasteiger partial charge in [-0.15, -0.1) is 11.8 Å². The second-order valence-corrected chi connectivity index (χ2v) is 5.35. The molecule has 0 aromatic heterocycles. The van der Waals surface area contributed by atoms with Crippen molar-refractivity contribution >= 4 is 17.7 Å². The number of carbonyl (C=O) groups is 1. The van der Waals surface area contributed by atoms with Crippen molar-refractivity contribution < 1.29 is 14.6 Å². The van der Waals surface area contributed by atoms with E-state index in [0.717, 1.165) is 17.1 Å². The fourth-order valence-electron chi connectivity index (χ4n) is 1.61. The summed E-state index contributed by atoms with van der Waals surface area (Å²) in [4.78, 5) is 12.7. The first-order valence-corrected chi connectivity index (χ1v) is 7.31. The Balaban J connectivity index is 2.28. The summed E-state index contributed by atoms with van der Waals surface area (Å²) >= 11 is 1.50. The summed E-state index contributed by atoms with van der Waals surface area (Å²) < 4.78 is 5.08. The Hall–Kier alpha value is -1.20. The molecule has 0 aliphatic heterocycles. The molecule has 0 heterocycles. The smallest absolute Gasteiger partial charge is 0.230 e. The van der Waals surface area contributed by atoms with Crippen molar-refractivity contribution in [3.63, 3.8) is 0 Å². The molecule has 0 saturated carbocycles. The van der Waals surface area contributed by atoms with Crippen LogP contribution in [0.25, 0.3) is 0 Å². The number of hydrogen-bond acceptors (Lipinski definition) is 4. The predicted octanol–water partition coefficient (Wildman–Crippen LogP) is 2.06. The van der Waals surface area contributed by atoms with Crippen LogP contribution in [0, 0.1) is 0 Å². The summed E-state index contributed by atoms with van der Waals surface area (Å²) in [5.41, 5.74) is 0. The normalized spacial score (nSPS) is 11.9. The zero-order valence-corrected chi connectivity index (χ0v) is 12.2. The van der Waals surface area contributed by atoms with Gasteiger partial charge in [0.1, 0.15) is 5.75 Å². The number of amides is 1. The number of hydrogen-bond donors (Lipinski definition) is 2. The molecule has 0 aliphatic rings. The number of ether oxygens (including phenoxy) is 1. The van der Waals surface area contributed by atoms with Crippen LogP contribution in [-0.4, -0.2) is 36.5 Å². The third-order valence-corrected chi connectivity index (χ3v) is 3.64. The van der Waals surface area contributed by atoms with Crippen molar-refractivity contribution in [2.45, 2.75) is 30.7 Å². The van der Waals surface area contributed by atoms with E-state index in [1.165, 1.54) is 11.8 Å². The zero-order valence-electron chi connectivity index (χ0n) is 11.4. The van der Waals surface area contributed by atoms with Crippen LogP contribution >= 0.6 is 11.8 Å². The highest BCUT2D eigenvalue weighted by Crippen LogP contribution is 2.20. The minimum Gasteiger partial charge on any atom is -0.497 e. The van der Waals surface area contributed by atoms with E-state index in [-0.39, 0.29) is 18.6 Å². The van der Waals surface area contributed by atoms with Crippen LogP contribution in [0.1, 0.15) is 19.8 Å². The van der Waals surface area contributed by atoms with E-state index in [9.17, 15) is 4.79 Å². The lowest BCUT2D eigenvalue weighted by Crippen LogP contribution is -2.33. The van der Waals surface area contributed by atoms with Crippen LogP contribution in [0.5, 0.6) is 5.75 Å². The van der Waals surface area contributed by atoms with Crippen molar-refractivity contribution in [3.8, 4) is 5.75 Å². The lowest BCUT2D eigenvalue weighted by atomic mass is 10.2. The summed E-state index contributed by atoms with van der Waals surface area (Å²) in [6, 6.07) is 7.74. The molecular weight excluding hydrogens is 262 g/mol. The van der Waals surface area contributed by atoms with Gasteiger partial charge in [-0.1, -0.05) is 0 Å². The standard InChI is InChI=1S/C14H21NO3S/c1-11(4-3-9-16)15-14(17)10-19-13-7-5-12(18-2)6-8-13/h5-8,11,16H,3-4,9-10H2,1-2H3,(H,15,17). The number of methoxy groups -OCH3 is 1. The number of aliphatic hydroxyl groups excluding tert-OH is 1. The number of nitrogens with one attached hydrogen (secondary N) is 1. The minimum absolute atomic E-state index is 0.0197. The van der Waals surface area contributed by atoms with Gasteiger partial charge in [-0.05, 0) is 44.0 Å². The van der Waals surface area contributed by atoms with Crippen molar-refractivity contribution in [2.75, 3.05) is 19.5 Å². The third-order valence-electron chi connectivity index (χ3n) is 2.63. The Labute approximate surface area is 118 Å². The molecule has 4 nitrogen and oxygen atoms in total. The van der Waals surface area contributed by atoms with E-state index >= 15 is 0 Å². The van der Waals surface area contributed by atoms with Gasteiger partial charge in [-0.2, -0.15) is 0 Å². The quantitative estimate of drug-likeness (QED) is 0.717. The Morgan fingerprint density at radius 1 is 1.42 bits per heavy atom. The van der Waals surface area contributed by atoms with Gasteiger partial charge in [0, 0.05) is 17.5 Å². The second kappa shape index (κ2) is 8.82. The first-order chi connectivity index (χ1) is 9.15. The fourth-order valence-corrected chi connectivity index (χ4v) is 2.32. The van der Waals surface area contributed by atoms with Crippen molar-refractivity contribution in [2.24, 2.45) is 0 Å². The summed E-state index contributed by atoms with van der Waals surface area (Å²) in [5, 5.41) is 11.6. The predicted molar refractivity (Wildman–Crippen MR) is 77.6 cm³/mol. The van der Waals surface area contributed by atoms with Crippen LogP contribution < -0.4 is 10.1 Å². The van der Waals surface area contributed by atoms with E-state index in [1.54, 1.807) is 7.11 Å². The molecule has 0 fully saturated rings. The lowest BCUT2D eigenvalue weighted by molar-refractivity contribution is -0.119. The Bertz CT molecular complexity index is 381. The summed E-state index contributed by atoms with van der Waals surface area (Å²) in [6.07, 6.45) is 1.52. The van der Waals surface area contributed by atoms with E-state index in [4.69, 9.17) is 9.84 Å². The molecule has 19 heavy (non-hydrogen) atoms. The third kappa shape index (κ3) is 6.50. The van der Waals surface area contributed by atoms with Crippen LogP contribution in [0.3, 0.4) is 0 Å². The molecule has 106 valence electrons. The summed E-state index contributed by atoms with van der Waals surface area (Å²) in [6.45, 7) is 2.12. The van der Waals surface area contributed by atoms with Gasteiger partial charge in [0.05, 0.1) is 12.9 Å². The molecular formula is C14H21NO3S. The first kappa shape index (κ1) is 15.9. The molecule has 0 saturated heterocycles. The topological polar surface area (TPSA) is 58.6 Å². The highest BCUT2D eigenvalue weighted by molar-refractivity contribution is 8.00. The van der Waals surface area contributed by atoms with Gasteiger partial charge in [0.15, 0.2) is 0 Å². The molecule has 2 N–H and O–H groups in total. The van der Waals surface area contributed by atoms with Gasteiger partial charge < -0.3 is 15.2 Å². The maximum Gasteiger partial charge on any atom is 0.230 e. The summed E-state index contributed by atoms with van der Waals surface area (Å²) in [5.74, 6) is 1.23. The van der Waals surface area contributed by atoms with E-state index in [1.807, 2.05) is 31.2 Å². The minimum atomic E-state index is 0.0197. The summed E-state index contributed by atoms with van der Waals surface area (Å²) in [7, 11) is 1.63. The number of benzene rings is 1. The van der Waals surface area contributed by atoms with E-state index in [0.29, 0.717) is 12.2 Å². The zero-order chi connectivity index (χ0) is 14.1. The second-order valence-electron chi connectivity index (χ2n) is 4.30. The number of rotatable bonds is 8. The van der Waals surface area contributed by atoms with Crippen LogP contribution in [0.2, 0.25) is 0 Å². The monoisotopic (exact) mass is 283 g/mol. The molecule has 0 bridgehead atoms. The van der Waals surface area contributed by atoms with Gasteiger partial charge >= 0.3 is 0 Å². The molecule has 1 unspecified atom stereocenters. The highest BCUT2D eigenvalue weighted by atomic mass is 32.2. The van der Waals surface area contributed by atoms with Crippen LogP contribution in [0.15, 0.2) is 29.2 Å². The van der Waals surface area contributed by atoms with E-state index < -0.39 is 0 Å². The molecule has 1 atom stereocenters. The van der Waals surface area contributed by atoms with Crippen molar-refractivity contribution in [3.05, 3.63) is 24.3 Å². The maximum absolute atomic E-state index is 11.7. The van der Waals surface area contributed by atoms with Gasteiger partial charge in [-0.3, -0.25) is 4.79 Å². The van der Waals surface area contributed by atoms with Gasteiger partial charge in [0.25, 0.3) is 0 Å². The van der Waals surface area contributed by atoms with Gasteiger partial charge in [0.2, 0.25) is 5.91 Å². The maximum atomic E-state index is 11.7. The fraction of sp³-hybridized carbons (Fsp3) is 0.500. The molecule has 0 aliphatic carbocycles. The molecule has 0 radical (unpaired) electrons. The van der Waals surface area contributed by atoms with Gasteiger partial charge in [-0.25, -0.2) is 0 Å². The molecule has 1 amide bonds. The van der Waals surface area contributed by atoms with Crippen molar-refractivity contribution in [1.29, 1.82) is 0 Å². The molecule has 1 aromatic carbocycles. The average molecular weight is 283 g/mol. The van der Waals surface area contributed by atoms with Crippen LogP contribution in [-0.2, 0) is 4.79 Å². The number of thioether (sulfide) groups is 1. The first-order valence-electron chi connectivity index (χ1n) is 6.32. The van der Waals surface area contributed by atoms with Crippen molar-refractivity contribution in [1.82, 2.24) is 5.32 Å². The Morgan fingerprint density at radius 3 is 2.68 bits per heavy atom. The number of carbonyl (C=O) groups excluding carboxylic acids is 1. The SMILES string of the molecule is COc1ccc(SCC(=O)NC(C)CCCO)cc1. The largest absolute Gasteiger partial charge is 0.497 e. The van der Waals surface area contributed by atoms with Crippen LogP contribution in [0.4, 0.5) is 0 Å². The highest BCUT2D eigenvalue weighted by Gasteiger charge is 2.07. The number of aliphatic hydroxyl groups is 1. The Kier molecular flexibility index (Phi) is 7.36. The average Bonchev–Trinajstić information content (AvgIpc) is 2.43. The molecule has 0 spiro atoms. The molecule has 5 heteroatoms.